The van der Waals surface area contributed by atoms with E-state index in [1.807, 2.05) is 32.9 Å². The molecule has 92 valence electrons. The number of furan rings is 1. The maximum absolute atomic E-state index is 5.68. The zero-order valence-electron chi connectivity index (χ0n) is 10.9. The lowest BCUT2D eigenvalue weighted by atomic mass is 10.1. The van der Waals surface area contributed by atoms with E-state index in [2.05, 4.69) is 41.1 Å². The highest BCUT2D eigenvalue weighted by Gasteiger charge is 2.07. The molecule has 0 aliphatic rings. The first kappa shape index (κ1) is 14.0. The van der Waals surface area contributed by atoms with Crippen molar-refractivity contribution in [1.82, 2.24) is 0 Å². The third-order valence-electron chi connectivity index (χ3n) is 2.39. The molecule has 17 heavy (non-hydrogen) atoms. The molecule has 2 rings (SSSR count). The number of benzene rings is 1. The van der Waals surface area contributed by atoms with Crippen LogP contribution in [0.5, 0.6) is 0 Å². The van der Waals surface area contributed by atoms with Gasteiger partial charge in [-0.3, -0.25) is 0 Å². The van der Waals surface area contributed by atoms with Gasteiger partial charge in [0.2, 0.25) is 0 Å². The molecule has 1 aromatic heterocycles. The standard InChI is InChI=1S/C13H13BrO.C2H6/c1-3-4-5-11-9(2)15-13-7-6-10(14)8-12(11)13;1-2/h4-8H,3H2,1-2H3;1-2H3/b5-4-;. The molecule has 0 unspecified atom stereocenters. The molecule has 0 amide bonds. The first-order valence-electron chi connectivity index (χ1n) is 6.07. The van der Waals surface area contributed by atoms with E-state index in [-0.39, 0.29) is 0 Å². The maximum atomic E-state index is 5.68. The van der Waals surface area contributed by atoms with Crippen molar-refractivity contribution in [2.45, 2.75) is 34.1 Å². The van der Waals surface area contributed by atoms with Crippen LogP contribution < -0.4 is 0 Å². The van der Waals surface area contributed by atoms with Gasteiger partial charge in [0.25, 0.3) is 0 Å². The third kappa shape index (κ3) is 3.22. The van der Waals surface area contributed by atoms with Crippen LogP contribution >= 0.6 is 15.9 Å². The average molecular weight is 295 g/mol. The normalized spacial score (nSPS) is 10.6. The molecular formula is C15H19BrO. The number of halogens is 1. The zero-order valence-corrected chi connectivity index (χ0v) is 12.5. The van der Waals surface area contributed by atoms with Crippen molar-refractivity contribution in [2.75, 3.05) is 0 Å². The first-order valence-corrected chi connectivity index (χ1v) is 6.87. The van der Waals surface area contributed by atoms with E-state index in [0.29, 0.717) is 0 Å². The number of allylic oxidation sites excluding steroid dienone is 1. The number of hydrogen-bond acceptors (Lipinski definition) is 1. The number of fused-ring (bicyclic) bond motifs is 1. The van der Waals surface area contributed by atoms with Crippen LogP contribution in [0.1, 0.15) is 38.5 Å². The van der Waals surface area contributed by atoms with E-state index < -0.39 is 0 Å². The van der Waals surface area contributed by atoms with Gasteiger partial charge in [-0.1, -0.05) is 48.9 Å². The first-order chi connectivity index (χ1) is 8.22. The Balaban J connectivity index is 0.000000686. The molecule has 2 heteroatoms. The molecule has 0 aliphatic carbocycles. The minimum atomic E-state index is 0.950. The van der Waals surface area contributed by atoms with E-state index in [9.17, 15) is 0 Å². The summed E-state index contributed by atoms with van der Waals surface area (Å²) in [6.07, 6.45) is 5.33. The second kappa shape index (κ2) is 6.65. The molecule has 0 saturated carbocycles. The van der Waals surface area contributed by atoms with Crippen LogP contribution in [0, 0.1) is 6.92 Å². The molecule has 2 aromatic rings. The van der Waals surface area contributed by atoms with Gasteiger partial charge >= 0.3 is 0 Å². The molecule has 1 nitrogen and oxygen atoms in total. The van der Waals surface area contributed by atoms with Crippen LogP contribution in [0.15, 0.2) is 33.2 Å². The number of hydrogen-bond donors (Lipinski definition) is 0. The van der Waals surface area contributed by atoms with Gasteiger partial charge in [0.15, 0.2) is 0 Å². The highest BCUT2D eigenvalue weighted by molar-refractivity contribution is 9.10. The Bertz CT molecular complexity index is 509. The lowest BCUT2D eigenvalue weighted by Crippen LogP contribution is -1.72. The van der Waals surface area contributed by atoms with Gasteiger partial charge in [-0.25, -0.2) is 0 Å². The highest BCUT2D eigenvalue weighted by atomic mass is 79.9. The molecule has 0 N–H and O–H groups in total. The van der Waals surface area contributed by atoms with Crippen LogP contribution in [0.2, 0.25) is 0 Å². The molecule has 0 saturated heterocycles. The van der Waals surface area contributed by atoms with E-state index in [1.54, 1.807) is 0 Å². The monoisotopic (exact) mass is 294 g/mol. The Morgan fingerprint density at radius 3 is 2.65 bits per heavy atom. The predicted molar refractivity (Wildman–Crippen MR) is 79.3 cm³/mol. The minimum absolute atomic E-state index is 0.950. The van der Waals surface area contributed by atoms with E-state index in [1.165, 1.54) is 10.9 Å². The second-order valence-corrected chi connectivity index (χ2v) is 4.44. The Labute approximate surface area is 112 Å². The summed E-state index contributed by atoms with van der Waals surface area (Å²) in [6.45, 7) is 8.13. The lowest BCUT2D eigenvalue weighted by Gasteiger charge is -1.92. The summed E-state index contributed by atoms with van der Waals surface area (Å²) < 4.78 is 6.76. The van der Waals surface area contributed by atoms with Crippen molar-refractivity contribution < 1.29 is 4.42 Å². The van der Waals surface area contributed by atoms with E-state index in [4.69, 9.17) is 4.42 Å². The van der Waals surface area contributed by atoms with Gasteiger partial charge in [-0.15, -0.1) is 0 Å². The second-order valence-electron chi connectivity index (χ2n) is 3.52. The van der Waals surface area contributed by atoms with Crippen molar-refractivity contribution in [3.8, 4) is 0 Å². The van der Waals surface area contributed by atoms with Gasteiger partial charge in [-0.05, 0) is 31.5 Å². The summed E-state index contributed by atoms with van der Waals surface area (Å²) in [5.41, 5.74) is 2.14. The van der Waals surface area contributed by atoms with Crippen molar-refractivity contribution in [3.63, 3.8) is 0 Å². The molecule has 0 spiro atoms. The van der Waals surface area contributed by atoms with E-state index in [0.717, 1.165) is 22.2 Å². The summed E-state index contributed by atoms with van der Waals surface area (Å²) in [4.78, 5) is 0. The molecule has 1 aromatic carbocycles. The average Bonchev–Trinajstić information content (AvgIpc) is 2.65. The summed E-state index contributed by atoms with van der Waals surface area (Å²) in [5.74, 6) is 0.979. The van der Waals surface area contributed by atoms with Gasteiger partial charge in [0.05, 0.1) is 0 Å². The van der Waals surface area contributed by atoms with Crippen LogP contribution in [0.25, 0.3) is 17.0 Å². The summed E-state index contributed by atoms with van der Waals surface area (Å²) in [5, 5.41) is 1.17. The smallest absolute Gasteiger partial charge is 0.134 e. The fourth-order valence-electron chi connectivity index (χ4n) is 1.65. The number of aryl methyl sites for hydroxylation is 1. The Morgan fingerprint density at radius 2 is 2.00 bits per heavy atom. The van der Waals surface area contributed by atoms with Gasteiger partial charge in [0.1, 0.15) is 11.3 Å². The summed E-state index contributed by atoms with van der Waals surface area (Å²) in [7, 11) is 0. The van der Waals surface area contributed by atoms with Gasteiger partial charge < -0.3 is 4.42 Å². The maximum Gasteiger partial charge on any atom is 0.134 e. The topological polar surface area (TPSA) is 13.1 Å². The Hall–Kier alpha value is -1.02. The van der Waals surface area contributed by atoms with Crippen LogP contribution in [0.3, 0.4) is 0 Å². The van der Waals surface area contributed by atoms with E-state index >= 15 is 0 Å². The van der Waals surface area contributed by atoms with Crippen LogP contribution in [-0.2, 0) is 0 Å². The summed E-state index contributed by atoms with van der Waals surface area (Å²) >= 11 is 3.48. The molecule has 1 heterocycles. The number of rotatable bonds is 2. The quantitative estimate of drug-likeness (QED) is 0.667. The molecular weight excluding hydrogens is 276 g/mol. The Morgan fingerprint density at radius 1 is 1.29 bits per heavy atom. The molecule has 0 radical (unpaired) electrons. The van der Waals surface area contributed by atoms with Crippen molar-refractivity contribution in [2.24, 2.45) is 0 Å². The van der Waals surface area contributed by atoms with Gasteiger partial charge in [0, 0.05) is 15.4 Å². The SMILES string of the molecule is CC.CC/C=C\c1c(C)oc2ccc(Br)cc12. The lowest BCUT2D eigenvalue weighted by molar-refractivity contribution is 0.577. The predicted octanol–water partition coefficient (Wildman–Crippen LogP) is 5.95. The third-order valence-corrected chi connectivity index (χ3v) is 2.89. The molecule has 0 atom stereocenters. The van der Waals surface area contributed by atoms with Crippen molar-refractivity contribution in [3.05, 3.63) is 40.1 Å². The van der Waals surface area contributed by atoms with Crippen molar-refractivity contribution >= 4 is 33.0 Å². The van der Waals surface area contributed by atoms with Crippen molar-refractivity contribution in [1.29, 1.82) is 0 Å². The fourth-order valence-corrected chi connectivity index (χ4v) is 2.02. The van der Waals surface area contributed by atoms with Crippen LogP contribution in [0.4, 0.5) is 0 Å². The van der Waals surface area contributed by atoms with Gasteiger partial charge in [-0.2, -0.15) is 0 Å². The van der Waals surface area contributed by atoms with Crippen LogP contribution in [-0.4, -0.2) is 0 Å². The highest BCUT2D eigenvalue weighted by Crippen LogP contribution is 2.29. The molecule has 0 bridgehead atoms. The largest absolute Gasteiger partial charge is 0.461 e. The minimum Gasteiger partial charge on any atom is -0.461 e. The molecule has 0 aliphatic heterocycles. The molecule has 0 fully saturated rings. The zero-order chi connectivity index (χ0) is 12.8. The summed E-state index contributed by atoms with van der Waals surface area (Å²) in [6, 6.07) is 6.09. The fraction of sp³-hybridized carbons (Fsp3) is 0.333. The Kier molecular flexibility index (Phi) is 5.49.